The average molecular weight is 412 g/mol. The molecule has 31 heavy (non-hydrogen) atoms. The normalized spacial score (nSPS) is 13.3. The van der Waals surface area contributed by atoms with Crippen LogP contribution in [0.1, 0.15) is 34.5 Å². The number of nitrogens with zero attached hydrogens (tertiary/aromatic N) is 3. The smallest absolute Gasteiger partial charge is 0.272 e. The van der Waals surface area contributed by atoms with E-state index in [1.165, 1.54) is 11.1 Å². The lowest BCUT2D eigenvalue weighted by Crippen LogP contribution is -2.26. The van der Waals surface area contributed by atoms with Gasteiger partial charge in [-0.3, -0.25) is 4.79 Å². The number of aromatic nitrogens is 3. The summed E-state index contributed by atoms with van der Waals surface area (Å²) in [5, 5.41) is 11.8. The lowest BCUT2D eigenvalue weighted by molar-refractivity contribution is 0.0946. The summed E-state index contributed by atoms with van der Waals surface area (Å²) in [6, 6.07) is 22.6. The monoisotopic (exact) mass is 411 g/mol. The second-order valence-corrected chi connectivity index (χ2v) is 8.11. The van der Waals surface area contributed by atoms with E-state index in [1.807, 2.05) is 47.1 Å². The van der Waals surface area contributed by atoms with E-state index in [0.29, 0.717) is 17.9 Å². The van der Waals surface area contributed by atoms with Gasteiger partial charge in [-0.05, 0) is 56.0 Å². The zero-order valence-corrected chi connectivity index (χ0v) is 17.5. The van der Waals surface area contributed by atoms with Gasteiger partial charge in [0.25, 0.3) is 5.91 Å². The Morgan fingerprint density at radius 2 is 1.81 bits per heavy atom. The fraction of sp³-hybridized carbons (Fsp3) is 0.240. The van der Waals surface area contributed by atoms with Crippen molar-refractivity contribution in [1.29, 1.82) is 0 Å². The molecule has 5 rings (SSSR count). The molecule has 2 aromatic carbocycles. The summed E-state index contributed by atoms with van der Waals surface area (Å²) in [6.07, 6.45) is 2.90. The molecule has 0 atom stereocenters. The van der Waals surface area contributed by atoms with Crippen molar-refractivity contribution >= 4 is 28.4 Å². The van der Waals surface area contributed by atoms with E-state index in [-0.39, 0.29) is 11.9 Å². The quantitative estimate of drug-likeness (QED) is 0.466. The van der Waals surface area contributed by atoms with Gasteiger partial charge in [0.15, 0.2) is 11.3 Å². The number of fused-ring (bicyclic) bond motifs is 1. The summed E-state index contributed by atoms with van der Waals surface area (Å²) in [7, 11) is 0. The molecule has 6 nitrogen and oxygen atoms in total. The van der Waals surface area contributed by atoms with Crippen LogP contribution in [0.4, 0.5) is 11.5 Å². The molecule has 1 aliphatic rings. The largest absolute Gasteiger partial charge is 0.348 e. The van der Waals surface area contributed by atoms with Crippen molar-refractivity contribution < 1.29 is 4.79 Å². The fourth-order valence-electron chi connectivity index (χ4n) is 3.59. The molecule has 2 heterocycles. The number of amides is 1. The van der Waals surface area contributed by atoms with Gasteiger partial charge in [-0.2, -0.15) is 5.10 Å². The zero-order valence-electron chi connectivity index (χ0n) is 17.5. The molecular weight excluding hydrogens is 386 g/mol. The van der Waals surface area contributed by atoms with Gasteiger partial charge in [0.05, 0.1) is 5.39 Å². The number of anilines is 2. The highest BCUT2D eigenvalue weighted by atomic mass is 16.2. The van der Waals surface area contributed by atoms with Crippen LogP contribution in [0, 0.1) is 6.92 Å². The molecular formula is C25H25N5O. The third-order valence-corrected chi connectivity index (χ3v) is 5.50. The van der Waals surface area contributed by atoms with Crippen LogP contribution in [0.15, 0.2) is 66.7 Å². The van der Waals surface area contributed by atoms with Crippen molar-refractivity contribution in [3.63, 3.8) is 0 Å². The number of rotatable bonds is 7. The van der Waals surface area contributed by atoms with Gasteiger partial charge >= 0.3 is 0 Å². The van der Waals surface area contributed by atoms with Gasteiger partial charge in [-0.15, -0.1) is 0 Å². The standard InChI is InChI=1S/C25H25N5O/c1-17-7-9-19(10-8-17)26-22-14-13-21-23(25(31)27-20-11-12-20)29-30(24(21)28-22)16-15-18-5-3-2-4-6-18/h2-10,13-14,20H,11-12,15-16H2,1H3,(H,26,28)(H,27,31). The van der Waals surface area contributed by atoms with E-state index in [9.17, 15) is 4.79 Å². The van der Waals surface area contributed by atoms with Crippen molar-refractivity contribution in [2.24, 2.45) is 0 Å². The number of benzene rings is 2. The Hall–Kier alpha value is -3.67. The second-order valence-electron chi connectivity index (χ2n) is 8.11. The maximum Gasteiger partial charge on any atom is 0.272 e. The minimum atomic E-state index is -0.119. The summed E-state index contributed by atoms with van der Waals surface area (Å²) < 4.78 is 1.85. The average Bonchev–Trinajstić information content (AvgIpc) is 3.53. The number of aryl methyl sites for hydroxylation is 3. The third-order valence-electron chi connectivity index (χ3n) is 5.50. The van der Waals surface area contributed by atoms with E-state index in [4.69, 9.17) is 4.98 Å². The highest BCUT2D eigenvalue weighted by Gasteiger charge is 2.27. The number of hydrogen-bond acceptors (Lipinski definition) is 4. The summed E-state index contributed by atoms with van der Waals surface area (Å²) in [5.41, 5.74) is 4.57. The summed E-state index contributed by atoms with van der Waals surface area (Å²) >= 11 is 0. The third kappa shape index (κ3) is 4.43. The number of carbonyl (C=O) groups is 1. The molecule has 0 spiro atoms. The van der Waals surface area contributed by atoms with Crippen molar-refractivity contribution in [2.45, 2.75) is 38.8 Å². The van der Waals surface area contributed by atoms with Crippen LogP contribution in [0.25, 0.3) is 11.0 Å². The minimum absolute atomic E-state index is 0.119. The van der Waals surface area contributed by atoms with Crippen molar-refractivity contribution in [3.8, 4) is 0 Å². The van der Waals surface area contributed by atoms with Crippen LogP contribution in [-0.4, -0.2) is 26.7 Å². The Balaban J connectivity index is 1.47. The SMILES string of the molecule is Cc1ccc(Nc2ccc3c(C(=O)NC4CC4)nn(CCc4ccccc4)c3n2)cc1. The molecule has 0 radical (unpaired) electrons. The number of pyridine rings is 1. The van der Waals surface area contributed by atoms with E-state index in [1.54, 1.807) is 0 Å². The maximum absolute atomic E-state index is 12.8. The molecule has 1 amide bonds. The summed E-state index contributed by atoms with van der Waals surface area (Å²) in [4.78, 5) is 17.6. The molecule has 0 aliphatic heterocycles. The van der Waals surface area contributed by atoms with Gasteiger partial charge in [-0.25, -0.2) is 9.67 Å². The fourth-order valence-corrected chi connectivity index (χ4v) is 3.59. The van der Waals surface area contributed by atoms with Crippen LogP contribution in [0.5, 0.6) is 0 Å². The van der Waals surface area contributed by atoms with Crippen LogP contribution >= 0.6 is 0 Å². The van der Waals surface area contributed by atoms with Crippen molar-refractivity contribution in [2.75, 3.05) is 5.32 Å². The molecule has 6 heteroatoms. The summed E-state index contributed by atoms with van der Waals surface area (Å²) in [5.74, 6) is 0.610. The Morgan fingerprint density at radius 3 is 2.55 bits per heavy atom. The molecule has 0 unspecified atom stereocenters. The predicted octanol–water partition coefficient (Wildman–Crippen LogP) is 4.62. The molecule has 2 N–H and O–H groups in total. The van der Waals surface area contributed by atoms with Crippen LogP contribution in [0.2, 0.25) is 0 Å². The molecule has 1 fully saturated rings. The number of nitrogens with one attached hydrogen (secondary N) is 2. The molecule has 4 aromatic rings. The first kappa shape index (κ1) is 19.3. The van der Waals surface area contributed by atoms with E-state index in [2.05, 4.69) is 46.9 Å². The molecule has 1 aliphatic carbocycles. The van der Waals surface area contributed by atoms with Crippen LogP contribution in [0.3, 0.4) is 0 Å². The molecule has 156 valence electrons. The predicted molar refractivity (Wildman–Crippen MR) is 123 cm³/mol. The van der Waals surface area contributed by atoms with Gasteiger partial charge in [0.1, 0.15) is 5.82 Å². The topological polar surface area (TPSA) is 71.8 Å². The first-order chi connectivity index (χ1) is 15.2. The van der Waals surface area contributed by atoms with E-state index >= 15 is 0 Å². The molecule has 1 saturated carbocycles. The maximum atomic E-state index is 12.8. The highest BCUT2D eigenvalue weighted by Crippen LogP contribution is 2.24. The van der Waals surface area contributed by atoms with E-state index < -0.39 is 0 Å². The lowest BCUT2D eigenvalue weighted by atomic mass is 10.1. The first-order valence-corrected chi connectivity index (χ1v) is 10.7. The van der Waals surface area contributed by atoms with Gasteiger partial charge in [-0.1, -0.05) is 48.0 Å². The number of hydrogen-bond donors (Lipinski definition) is 2. The van der Waals surface area contributed by atoms with Gasteiger partial charge in [0.2, 0.25) is 0 Å². The Bertz CT molecular complexity index is 1210. The van der Waals surface area contributed by atoms with Crippen molar-refractivity contribution in [1.82, 2.24) is 20.1 Å². The second kappa shape index (κ2) is 8.22. The lowest BCUT2D eigenvalue weighted by Gasteiger charge is -2.07. The molecule has 0 saturated heterocycles. The first-order valence-electron chi connectivity index (χ1n) is 10.7. The minimum Gasteiger partial charge on any atom is -0.348 e. The van der Waals surface area contributed by atoms with Crippen LogP contribution in [-0.2, 0) is 13.0 Å². The number of carbonyl (C=O) groups excluding carboxylic acids is 1. The van der Waals surface area contributed by atoms with Crippen LogP contribution < -0.4 is 10.6 Å². The zero-order chi connectivity index (χ0) is 21.2. The van der Waals surface area contributed by atoms with Gasteiger partial charge < -0.3 is 10.6 Å². The Morgan fingerprint density at radius 1 is 1.03 bits per heavy atom. The molecule has 0 bridgehead atoms. The highest BCUT2D eigenvalue weighted by molar-refractivity contribution is 6.04. The van der Waals surface area contributed by atoms with Gasteiger partial charge in [0, 0.05) is 18.3 Å². The Kier molecular flexibility index (Phi) is 5.12. The van der Waals surface area contributed by atoms with E-state index in [0.717, 1.165) is 36.2 Å². The van der Waals surface area contributed by atoms with Crippen molar-refractivity contribution in [3.05, 3.63) is 83.6 Å². The molecule has 2 aromatic heterocycles. The summed E-state index contributed by atoms with van der Waals surface area (Å²) in [6.45, 7) is 2.71. The Labute approximate surface area is 181 Å².